The van der Waals surface area contributed by atoms with Gasteiger partial charge in [0.05, 0.1) is 4.92 Å². The van der Waals surface area contributed by atoms with Crippen LogP contribution in [-0.2, 0) is 11.4 Å². The summed E-state index contributed by atoms with van der Waals surface area (Å²) >= 11 is 0. The minimum absolute atomic E-state index is 0.0461. The third-order valence-electron chi connectivity index (χ3n) is 4.11. The maximum absolute atomic E-state index is 12.4. The second kappa shape index (κ2) is 9.36. The fraction of sp³-hybridized carbons (Fsp3) is 0.136. The third kappa shape index (κ3) is 5.55. The number of amides is 1. The van der Waals surface area contributed by atoms with Gasteiger partial charge in [-0.15, -0.1) is 0 Å². The fourth-order valence-electron chi connectivity index (χ4n) is 2.57. The first-order chi connectivity index (χ1) is 14.0. The molecule has 7 nitrogen and oxygen atoms in total. The number of hydrogen-bond donors (Lipinski definition) is 1. The number of carbonyl (C=O) groups is 1. The molecule has 0 radical (unpaired) electrons. The molecule has 0 bridgehead atoms. The summed E-state index contributed by atoms with van der Waals surface area (Å²) in [4.78, 5) is 22.9. The Labute approximate surface area is 168 Å². The van der Waals surface area contributed by atoms with E-state index in [0.29, 0.717) is 18.0 Å². The molecule has 0 aliphatic heterocycles. The molecule has 0 unspecified atom stereocenters. The average molecular weight is 392 g/mol. The SMILES string of the molecule is C[C@@H](Oc1ccccc1[N+](=O)[O-])C(=O)Nc1ccc(OCc2ccccc2)cc1. The van der Waals surface area contributed by atoms with Gasteiger partial charge in [0.15, 0.2) is 11.9 Å². The van der Waals surface area contributed by atoms with E-state index < -0.39 is 16.9 Å². The molecular formula is C22H20N2O5. The van der Waals surface area contributed by atoms with Crippen molar-refractivity contribution < 1.29 is 19.2 Å². The monoisotopic (exact) mass is 392 g/mol. The summed E-state index contributed by atoms with van der Waals surface area (Å²) in [6.45, 7) is 1.98. The van der Waals surface area contributed by atoms with Crippen LogP contribution in [0.1, 0.15) is 12.5 Å². The van der Waals surface area contributed by atoms with Crippen LogP contribution in [0.5, 0.6) is 11.5 Å². The summed E-state index contributed by atoms with van der Waals surface area (Å²) in [5.41, 5.74) is 1.44. The lowest BCUT2D eigenvalue weighted by atomic mass is 10.2. The van der Waals surface area contributed by atoms with Crippen molar-refractivity contribution in [1.29, 1.82) is 0 Å². The molecule has 0 spiro atoms. The Morgan fingerprint density at radius 2 is 1.66 bits per heavy atom. The molecule has 7 heteroatoms. The summed E-state index contributed by atoms with van der Waals surface area (Å²) in [6.07, 6.45) is -0.912. The molecule has 3 aromatic rings. The van der Waals surface area contributed by atoms with Crippen LogP contribution >= 0.6 is 0 Å². The largest absolute Gasteiger partial charge is 0.489 e. The Kier molecular flexibility index (Phi) is 6.42. The van der Waals surface area contributed by atoms with E-state index in [1.807, 2.05) is 30.3 Å². The molecule has 29 heavy (non-hydrogen) atoms. The van der Waals surface area contributed by atoms with Gasteiger partial charge >= 0.3 is 5.69 Å². The standard InChI is InChI=1S/C22H20N2O5/c1-16(29-21-10-6-5-9-20(21)24(26)27)22(25)23-18-11-13-19(14-12-18)28-15-17-7-3-2-4-8-17/h2-14,16H,15H2,1H3,(H,23,25)/t16-/m1/s1. The zero-order valence-corrected chi connectivity index (χ0v) is 15.8. The van der Waals surface area contributed by atoms with Crippen LogP contribution in [0.4, 0.5) is 11.4 Å². The van der Waals surface area contributed by atoms with Crippen LogP contribution in [0.15, 0.2) is 78.9 Å². The lowest BCUT2D eigenvalue weighted by Gasteiger charge is -2.15. The molecule has 0 heterocycles. The van der Waals surface area contributed by atoms with Crippen molar-refractivity contribution in [3.05, 3.63) is 94.5 Å². The number of para-hydroxylation sites is 2. The number of benzene rings is 3. The highest BCUT2D eigenvalue weighted by Gasteiger charge is 2.20. The average Bonchev–Trinajstić information content (AvgIpc) is 2.74. The van der Waals surface area contributed by atoms with Gasteiger partial charge in [-0.05, 0) is 42.8 Å². The normalized spacial score (nSPS) is 11.3. The third-order valence-corrected chi connectivity index (χ3v) is 4.11. The van der Waals surface area contributed by atoms with Crippen LogP contribution in [0.3, 0.4) is 0 Å². The van der Waals surface area contributed by atoms with E-state index in [-0.39, 0.29) is 11.4 Å². The van der Waals surface area contributed by atoms with Gasteiger partial charge in [-0.2, -0.15) is 0 Å². The Morgan fingerprint density at radius 1 is 1.00 bits per heavy atom. The molecule has 0 fully saturated rings. The number of nitro groups is 1. The molecule has 0 saturated carbocycles. The number of anilines is 1. The smallest absolute Gasteiger partial charge is 0.310 e. The van der Waals surface area contributed by atoms with Crippen molar-refractivity contribution in [2.45, 2.75) is 19.6 Å². The van der Waals surface area contributed by atoms with Gasteiger partial charge in [-0.25, -0.2) is 0 Å². The maximum atomic E-state index is 12.4. The van der Waals surface area contributed by atoms with Crippen LogP contribution in [0.25, 0.3) is 0 Å². The van der Waals surface area contributed by atoms with Crippen molar-refractivity contribution >= 4 is 17.3 Å². The van der Waals surface area contributed by atoms with E-state index >= 15 is 0 Å². The number of nitrogens with one attached hydrogen (secondary N) is 1. The van der Waals surface area contributed by atoms with Gasteiger partial charge in [0.1, 0.15) is 12.4 Å². The highest BCUT2D eigenvalue weighted by molar-refractivity contribution is 5.94. The van der Waals surface area contributed by atoms with E-state index in [0.717, 1.165) is 5.56 Å². The molecule has 3 rings (SSSR count). The van der Waals surface area contributed by atoms with Crippen molar-refractivity contribution in [1.82, 2.24) is 0 Å². The topological polar surface area (TPSA) is 90.7 Å². The first kappa shape index (κ1) is 19.9. The quantitative estimate of drug-likeness (QED) is 0.448. The van der Waals surface area contributed by atoms with E-state index in [1.54, 1.807) is 30.3 Å². The molecule has 0 aliphatic rings. The first-order valence-electron chi connectivity index (χ1n) is 9.00. The number of nitro benzene ring substituents is 1. The van der Waals surface area contributed by atoms with Crippen molar-refractivity contribution in [2.75, 3.05) is 5.32 Å². The molecule has 0 saturated heterocycles. The summed E-state index contributed by atoms with van der Waals surface area (Å²) in [5, 5.41) is 13.8. The first-order valence-corrected chi connectivity index (χ1v) is 9.00. The Morgan fingerprint density at radius 3 is 2.34 bits per heavy atom. The van der Waals surface area contributed by atoms with Crippen molar-refractivity contribution in [3.63, 3.8) is 0 Å². The lowest BCUT2D eigenvalue weighted by Crippen LogP contribution is -2.30. The summed E-state index contributed by atoms with van der Waals surface area (Å²) in [6, 6.07) is 22.7. The minimum Gasteiger partial charge on any atom is -0.489 e. The predicted octanol–water partition coefficient (Wildman–Crippen LogP) is 4.58. The second-order valence-electron chi connectivity index (χ2n) is 6.27. The number of rotatable bonds is 8. The zero-order valence-electron chi connectivity index (χ0n) is 15.8. The molecule has 1 N–H and O–H groups in total. The van der Waals surface area contributed by atoms with Gasteiger partial charge in [0.25, 0.3) is 5.91 Å². The second-order valence-corrected chi connectivity index (χ2v) is 6.27. The lowest BCUT2D eigenvalue weighted by molar-refractivity contribution is -0.386. The molecule has 3 aromatic carbocycles. The highest BCUT2D eigenvalue weighted by atomic mass is 16.6. The summed E-state index contributed by atoms with van der Waals surface area (Å²) in [5.74, 6) is 0.307. The summed E-state index contributed by atoms with van der Waals surface area (Å²) < 4.78 is 11.2. The number of ether oxygens (including phenoxy) is 2. The van der Waals surface area contributed by atoms with Gasteiger partial charge in [-0.3, -0.25) is 14.9 Å². The number of hydrogen-bond acceptors (Lipinski definition) is 5. The van der Waals surface area contributed by atoms with E-state index in [9.17, 15) is 14.9 Å². The minimum atomic E-state index is -0.912. The molecule has 148 valence electrons. The highest BCUT2D eigenvalue weighted by Crippen LogP contribution is 2.27. The van der Waals surface area contributed by atoms with E-state index in [1.165, 1.54) is 25.1 Å². The van der Waals surface area contributed by atoms with Crippen LogP contribution in [0, 0.1) is 10.1 Å². The van der Waals surface area contributed by atoms with Crippen molar-refractivity contribution in [2.24, 2.45) is 0 Å². The van der Waals surface area contributed by atoms with Gasteiger partial charge in [0, 0.05) is 11.8 Å². The molecular weight excluding hydrogens is 372 g/mol. The van der Waals surface area contributed by atoms with Gasteiger partial charge in [-0.1, -0.05) is 42.5 Å². The maximum Gasteiger partial charge on any atom is 0.310 e. The van der Waals surface area contributed by atoms with Gasteiger partial charge < -0.3 is 14.8 Å². The Bertz CT molecular complexity index is 974. The number of carbonyl (C=O) groups excluding carboxylic acids is 1. The molecule has 0 aromatic heterocycles. The Balaban J connectivity index is 1.55. The predicted molar refractivity (Wildman–Crippen MR) is 109 cm³/mol. The number of nitrogens with zero attached hydrogens (tertiary/aromatic N) is 1. The fourth-order valence-corrected chi connectivity index (χ4v) is 2.57. The molecule has 1 atom stereocenters. The Hall–Kier alpha value is -3.87. The summed E-state index contributed by atoms with van der Waals surface area (Å²) in [7, 11) is 0. The molecule has 0 aliphatic carbocycles. The van der Waals surface area contributed by atoms with Crippen LogP contribution < -0.4 is 14.8 Å². The molecule has 1 amide bonds. The zero-order chi connectivity index (χ0) is 20.6. The van der Waals surface area contributed by atoms with Crippen LogP contribution in [0.2, 0.25) is 0 Å². The van der Waals surface area contributed by atoms with Crippen molar-refractivity contribution in [3.8, 4) is 11.5 Å². The van der Waals surface area contributed by atoms with E-state index in [2.05, 4.69) is 5.32 Å². The van der Waals surface area contributed by atoms with Crippen LogP contribution in [-0.4, -0.2) is 16.9 Å². The van der Waals surface area contributed by atoms with E-state index in [4.69, 9.17) is 9.47 Å². The van der Waals surface area contributed by atoms with Gasteiger partial charge in [0.2, 0.25) is 0 Å².